The number of rotatable bonds is 8. The maximum absolute atomic E-state index is 13.2. The van der Waals surface area contributed by atoms with E-state index >= 15 is 0 Å². The Bertz CT molecular complexity index is 829. The molecule has 1 atom stereocenters. The number of nitrogens with zero attached hydrogens (tertiary/aromatic N) is 2. The fourth-order valence-electron chi connectivity index (χ4n) is 4.36. The number of piperidine rings is 1. The van der Waals surface area contributed by atoms with Crippen LogP contribution >= 0.6 is 0 Å². The lowest BCUT2D eigenvalue weighted by molar-refractivity contribution is -0.138. The average molecular weight is 446 g/mol. The zero-order valence-electron chi connectivity index (χ0n) is 19.6. The van der Waals surface area contributed by atoms with Gasteiger partial charge < -0.3 is 24.6 Å². The van der Waals surface area contributed by atoms with Gasteiger partial charge in [-0.05, 0) is 56.7 Å². The van der Waals surface area contributed by atoms with Gasteiger partial charge in [0.05, 0.1) is 0 Å². The molecular formula is C24H35N3O5. The van der Waals surface area contributed by atoms with Gasteiger partial charge >= 0.3 is 0 Å². The molecule has 0 aromatic heterocycles. The number of likely N-dealkylation sites (tertiary alicyclic amines) is 1. The second-order valence-electron chi connectivity index (χ2n) is 8.85. The first kappa shape index (κ1) is 23.9. The zero-order chi connectivity index (χ0) is 23.3. The standard InChI is InChI=1S/C24H35N3O5/c1-5-26(6-2)24(30)22(25-21(28)13-16(3)4)17-9-11-27(12-10-17)23(29)18-7-8-19-20(14-18)32-15-31-19/h7-8,14,16-17,22H,5-6,9-13,15H2,1-4H3,(H,25,28)/t22-/m1/s1. The van der Waals surface area contributed by atoms with Crippen molar-refractivity contribution < 1.29 is 23.9 Å². The Morgan fingerprint density at radius 1 is 1.09 bits per heavy atom. The van der Waals surface area contributed by atoms with Crippen LogP contribution in [0, 0.1) is 11.8 Å². The fraction of sp³-hybridized carbons (Fsp3) is 0.625. The van der Waals surface area contributed by atoms with Gasteiger partial charge in [-0.3, -0.25) is 14.4 Å². The third kappa shape index (κ3) is 5.53. The molecule has 0 spiro atoms. The monoisotopic (exact) mass is 445 g/mol. The molecule has 0 bridgehead atoms. The van der Waals surface area contributed by atoms with E-state index in [-0.39, 0.29) is 36.4 Å². The van der Waals surface area contributed by atoms with Gasteiger partial charge in [-0.2, -0.15) is 0 Å². The summed E-state index contributed by atoms with van der Waals surface area (Å²) < 4.78 is 10.7. The fourth-order valence-corrected chi connectivity index (χ4v) is 4.36. The van der Waals surface area contributed by atoms with Gasteiger partial charge in [0.15, 0.2) is 11.5 Å². The lowest BCUT2D eigenvalue weighted by Crippen LogP contribution is -2.54. The minimum atomic E-state index is -0.552. The first-order valence-corrected chi connectivity index (χ1v) is 11.6. The summed E-state index contributed by atoms with van der Waals surface area (Å²) in [5.74, 6) is 1.27. The third-order valence-electron chi connectivity index (χ3n) is 6.17. The molecule has 2 aliphatic heterocycles. The summed E-state index contributed by atoms with van der Waals surface area (Å²) >= 11 is 0. The molecule has 1 aromatic rings. The van der Waals surface area contributed by atoms with Crippen LogP contribution in [0.5, 0.6) is 11.5 Å². The summed E-state index contributed by atoms with van der Waals surface area (Å²) in [6.45, 7) is 10.3. The van der Waals surface area contributed by atoms with Crippen molar-refractivity contribution in [1.29, 1.82) is 0 Å². The van der Waals surface area contributed by atoms with Crippen LogP contribution in [0.25, 0.3) is 0 Å². The average Bonchev–Trinajstić information content (AvgIpc) is 3.25. The second-order valence-corrected chi connectivity index (χ2v) is 8.85. The van der Waals surface area contributed by atoms with E-state index in [0.717, 1.165) is 0 Å². The molecule has 0 unspecified atom stereocenters. The summed E-state index contributed by atoms with van der Waals surface area (Å²) in [4.78, 5) is 42.2. The van der Waals surface area contributed by atoms with Gasteiger partial charge in [0, 0.05) is 38.2 Å². The summed E-state index contributed by atoms with van der Waals surface area (Å²) in [6, 6.07) is 4.67. The number of amides is 3. The van der Waals surface area contributed by atoms with Crippen LogP contribution in [0.2, 0.25) is 0 Å². The van der Waals surface area contributed by atoms with E-state index in [1.807, 2.05) is 32.6 Å². The molecule has 176 valence electrons. The van der Waals surface area contributed by atoms with Crippen LogP contribution in [0.1, 0.15) is 57.3 Å². The van der Waals surface area contributed by atoms with Crippen molar-refractivity contribution in [3.8, 4) is 11.5 Å². The Labute approximate surface area is 190 Å². The Balaban J connectivity index is 1.66. The molecule has 8 nitrogen and oxygen atoms in total. The van der Waals surface area contributed by atoms with Crippen molar-refractivity contribution in [2.45, 2.75) is 53.0 Å². The van der Waals surface area contributed by atoms with Crippen LogP contribution in [0.4, 0.5) is 0 Å². The molecule has 2 aliphatic rings. The minimum absolute atomic E-state index is 0.0000150. The molecule has 0 radical (unpaired) electrons. The smallest absolute Gasteiger partial charge is 0.253 e. The topological polar surface area (TPSA) is 88.2 Å². The Hall–Kier alpha value is -2.77. The summed E-state index contributed by atoms with van der Waals surface area (Å²) in [7, 11) is 0. The van der Waals surface area contributed by atoms with Crippen molar-refractivity contribution >= 4 is 17.7 Å². The summed E-state index contributed by atoms with van der Waals surface area (Å²) in [6.07, 6.45) is 1.72. The number of hydrogen-bond acceptors (Lipinski definition) is 5. The van der Waals surface area contributed by atoms with Crippen LogP contribution in [-0.2, 0) is 9.59 Å². The SMILES string of the molecule is CCN(CC)C(=O)[C@H](NC(=O)CC(C)C)C1CCN(C(=O)c2ccc3c(c2)OCO3)CC1. The number of fused-ring (bicyclic) bond motifs is 1. The molecule has 2 heterocycles. The van der Waals surface area contributed by atoms with Gasteiger partial charge in [0.2, 0.25) is 18.6 Å². The number of benzene rings is 1. The van der Waals surface area contributed by atoms with E-state index in [0.29, 0.717) is 62.5 Å². The highest BCUT2D eigenvalue weighted by Gasteiger charge is 2.35. The molecule has 32 heavy (non-hydrogen) atoms. The molecule has 8 heteroatoms. The maximum Gasteiger partial charge on any atom is 0.253 e. The predicted molar refractivity (Wildman–Crippen MR) is 121 cm³/mol. The molecule has 0 saturated carbocycles. The highest BCUT2D eigenvalue weighted by Crippen LogP contribution is 2.33. The minimum Gasteiger partial charge on any atom is -0.454 e. The van der Waals surface area contributed by atoms with E-state index < -0.39 is 6.04 Å². The number of ether oxygens (including phenoxy) is 2. The lowest BCUT2D eigenvalue weighted by Gasteiger charge is -2.37. The number of nitrogens with one attached hydrogen (secondary N) is 1. The molecule has 1 aromatic carbocycles. The Morgan fingerprint density at radius 3 is 2.38 bits per heavy atom. The maximum atomic E-state index is 13.2. The quantitative estimate of drug-likeness (QED) is 0.665. The number of likely N-dealkylation sites (N-methyl/N-ethyl adjacent to an activating group) is 1. The largest absolute Gasteiger partial charge is 0.454 e. The molecular weight excluding hydrogens is 410 g/mol. The van der Waals surface area contributed by atoms with Gasteiger partial charge in [0.25, 0.3) is 5.91 Å². The molecule has 1 N–H and O–H groups in total. The normalized spacial score (nSPS) is 16.7. The van der Waals surface area contributed by atoms with Crippen LogP contribution in [0.15, 0.2) is 18.2 Å². The van der Waals surface area contributed by atoms with Gasteiger partial charge in [0.1, 0.15) is 6.04 Å². The van der Waals surface area contributed by atoms with Gasteiger partial charge in [-0.25, -0.2) is 0 Å². The van der Waals surface area contributed by atoms with Crippen molar-refractivity contribution in [2.75, 3.05) is 33.0 Å². The van der Waals surface area contributed by atoms with Crippen molar-refractivity contribution in [2.24, 2.45) is 11.8 Å². The molecule has 0 aliphatic carbocycles. The summed E-state index contributed by atoms with van der Waals surface area (Å²) in [5, 5.41) is 3.01. The molecule has 3 rings (SSSR count). The first-order chi connectivity index (χ1) is 15.3. The lowest BCUT2D eigenvalue weighted by atomic mass is 9.87. The van der Waals surface area contributed by atoms with Gasteiger partial charge in [-0.15, -0.1) is 0 Å². The molecule has 1 fully saturated rings. The highest BCUT2D eigenvalue weighted by atomic mass is 16.7. The van der Waals surface area contributed by atoms with E-state index in [2.05, 4.69) is 5.32 Å². The number of hydrogen-bond donors (Lipinski definition) is 1. The molecule has 1 saturated heterocycles. The number of carbonyl (C=O) groups is 3. The Kier molecular flexibility index (Phi) is 7.99. The Morgan fingerprint density at radius 2 is 1.75 bits per heavy atom. The first-order valence-electron chi connectivity index (χ1n) is 11.6. The predicted octanol–water partition coefficient (Wildman–Crippen LogP) is 2.67. The summed E-state index contributed by atoms with van der Waals surface area (Å²) in [5.41, 5.74) is 0.564. The van der Waals surface area contributed by atoms with Crippen LogP contribution in [0.3, 0.4) is 0 Å². The molecule has 3 amide bonds. The van der Waals surface area contributed by atoms with E-state index in [1.165, 1.54) is 0 Å². The van der Waals surface area contributed by atoms with Crippen LogP contribution < -0.4 is 14.8 Å². The zero-order valence-corrected chi connectivity index (χ0v) is 19.6. The highest BCUT2D eigenvalue weighted by molar-refractivity contribution is 5.95. The van der Waals surface area contributed by atoms with E-state index in [4.69, 9.17) is 9.47 Å². The van der Waals surface area contributed by atoms with E-state index in [9.17, 15) is 14.4 Å². The van der Waals surface area contributed by atoms with Crippen molar-refractivity contribution in [3.05, 3.63) is 23.8 Å². The van der Waals surface area contributed by atoms with Crippen LogP contribution in [-0.4, -0.2) is 66.5 Å². The number of carbonyl (C=O) groups excluding carboxylic acids is 3. The van der Waals surface area contributed by atoms with Gasteiger partial charge in [-0.1, -0.05) is 13.8 Å². The van der Waals surface area contributed by atoms with Crippen molar-refractivity contribution in [1.82, 2.24) is 15.1 Å². The van der Waals surface area contributed by atoms with E-state index in [1.54, 1.807) is 23.1 Å². The third-order valence-corrected chi connectivity index (χ3v) is 6.17. The second kappa shape index (κ2) is 10.7. The van der Waals surface area contributed by atoms with Crippen molar-refractivity contribution in [3.63, 3.8) is 0 Å².